The van der Waals surface area contributed by atoms with Gasteiger partial charge < -0.3 is 14.8 Å². The molecule has 1 amide bonds. The van der Waals surface area contributed by atoms with Gasteiger partial charge in [-0.3, -0.25) is 0 Å². The van der Waals surface area contributed by atoms with Crippen LogP contribution in [-0.2, 0) is 26.0 Å². The lowest BCUT2D eigenvalue weighted by Gasteiger charge is -2.28. The van der Waals surface area contributed by atoms with Gasteiger partial charge in [-0.25, -0.2) is 28.0 Å². The monoisotopic (exact) mass is 488 g/mol. The van der Waals surface area contributed by atoms with Crippen LogP contribution in [-0.4, -0.2) is 57.5 Å². The number of carbonyl (C=O) groups excluding carboxylic acids is 1. The van der Waals surface area contributed by atoms with Crippen molar-refractivity contribution in [3.8, 4) is 11.4 Å². The lowest BCUT2D eigenvalue weighted by molar-refractivity contribution is -0.141. The number of imidazole rings is 1. The van der Waals surface area contributed by atoms with Crippen LogP contribution in [0.2, 0.25) is 0 Å². The summed E-state index contributed by atoms with van der Waals surface area (Å²) in [6, 6.07) is 6.18. The van der Waals surface area contributed by atoms with Crippen LogP contribution in [0, 0.1) is 12.8 Å². The van der Waals surface area contributed by atoms with Crippen molar-refractivity contribution in [2.24, 2.45) is 5.92 Å². The number of rotatable bonds is 9. The number of aromatic amines is 1. The fourth-order valence-corrected chi connectivity index (χ4v) is 5.12. The molecular formula is C23H28N4O6S. The van der Waals surface area contributed by atoms with Crippen LogP contribution >= 0.6 is 0 Å². The van der Waals surface area contributed by atoms with Crippen LogP contribution in [0.1, 0.15) is 44.3 Å². The number of amides is 1. The number of ether oxygens (including phenoxy) is 1. The van der Waals surface area contributed by atoms with E-state index >= 15 is 0 Å². The quantitative estimate of drug-likeness (QED) is 0.466. The van der Waals surface area contributed by atoms with E-state index in [4.69, 9.17) is 4.74 Å². The van der Waals surface area contributed by atoms with E-state index in [0.717, 1.165) is 22.6 Å². The zero-order chi connectivity index (χ0) is 25.0. The average Bonchev–Trinajstić information content (AvgIpc) is 3.14. The molecular weight excluding hydrogens is 460 g/mol. The van der Waals surface area contributed by atoms with E-state index in [1.165, 1.54) is 19.1 Å². The van der Waals surface area contributed by atoms with Crippen molar-refractivity contribution >= 4 is 22.1 Å². The Balaban J connectivity index is 1.93. The number of aliphatic carboxylic acids is 1. The second-order valence-electron chi connectivity index (χ2n) is 8.26. The van der Waals surface area contributed by atoms with Gasteiger partial charge in [0.05, 0.1) is 17.2 Å². The van der Waals surface area contributed by atoms with Gasteiger partial charge >= 0.3 is 12.1 Å². The van der Waals surface area contributed by atoms with Gasteiger partial charge in [0.2, 0.25) is 0 Å². The first-order valence-corrected chi connectivity index (χ1v) is 12.3. The van der Waals surface area contributed by atoms with Crippen LogP contribution in [0.3, 0.4) is 0 Å². The Kier molecular flexibility index (Phi) is 7.55. The van der Waals surface area contributed by atoms with E-state index in [-0.39, 0.29) is 23.8 Å². The molecule has 10 nitrogen and oxygen atoms in total. The molecule has 0 fully saturated rings. The van der Waals surface area contributed by atoms with E-state index in [1.807, 2.05) is 13.0 Å². The molecule has 182 valence electrons. The second kappa shape index (κ2) is 10.2. The zero-order valence-electron chi connectivity index (χ0n) is 19.5. The lowest BCUT2D eigenvalue weighted by atomic mass is 10.0. The highest BCUT2D eigenvalue weighted by Crippen LogP contribution is 2.26. The topological polar surface area (TPSA) is 143 Å². The number of carbonyl (C=O) groups is 2. The van der Waals surface area contributed by atoms with Crippen LogP contribution < -0.4 is 0 Å². The van der Waals surface area contributed by atoms with Gasteiger partial charge in [0, 0.05) is 18.3 Å². The Bertz CT molecular complexity index is 1240. The highest BCUT2D eigenvalue weighted by Gasteiger charge is 2.41. The molecule has 0 saturated carbocycles. The second-order valence-corrected chi connectivity index (χ2v) is 10.1. The Morgan fingerprint density at radius 3 is 2.41 bits per heavy atom. The summed E-state index contributed by atoms with van der Waals surface area (Å²) in [6.45, 7) is 6.73. The van der Waals surface area contributed by atoms with Crippen LogP contribution in [0.5, 0.6) is 0 Å². The molecule has 34 heavy (non-hydrogen) atoms. The first kappa shape index (κ1) is 25.2. The molecule has 2 aliphatic heterocycles. The van der Waals surface area contributed by atoms with E-state index in [2.05, 4.69) is 15.0 Å². The molecule has 0 radical (unpaired) electrons. The average molecular weight is 489 g/mol. The molecule has 0 aromatic heterocycles. The number of carboxylic acid groups (broad SMARTS) is 1. The van der Waals surface area contributed by atoms with Gasteiger partial charge in [-0.1, -0.05) is 26.0 Å². The SMILES string of the molecule is CCOC(=O)N([C@@H](CC(C)C)C(=O)O)S(=O)(=O)c1ccc(Cc2[nH]ccc3nc(C)nc2-3)cc1. The van der Waals surface area contributed by atoms with Crippen molar-refractivity contribution in [1.29, 1.82) is 0 Å². The number of hydrogen-bond acceptors (Lipinski definition) is 7. The summed E-state index contributed by atoms with van der Waals surface area (Å²) >= 11 is 0. The molecule has 11 heteroatoms. The Morgan fingerprint density at radius 1 is 1.15 bits per heavy atom. The maximum absolute atomic E-state index is 13.4. The largest absolute Gasteiger partial charge is 0.480 e. The van der Waals surface area contributed by atoms with Gasteiger partial charge in [0.15, 0.2) is 0 Å². The van der Waals surface area contributed by atoms with Crippen LogP contribution in [0.15, 0.2) is 41.4 Å². The van der Waals surface area contributed by atoms with Crippen molar-refractivity contribution < 1.29 is 27.9 Å². The molecule has 2 N–H and O–H groups in total. The Morgan fingerprint density at radius 2 is 1.82 bits per heavy atom. The van der Waals surface area contributed by atoms with Crippen molar-refractivity contribution in [3.05, 3.63) is 53.6 Å². The summed E-state index contributed by atoms with van der Waals surface area (Å²) in [5, 5.41) is 9.69. The van der Waals surface area contributed by atoms with E-state index in [9.17, 15) is 23.1 Å². The number of aryl methyl sites for hydroxylation is 1. The standard InChI is InChI=1S/C23H28N4O6S/c1-5-33-23(30)27(20(22(28)29)12-14(2)3)34(31,32)17-8-6-16(7-9-17)13-19-21-18(10-11-24-19)25-15(4)26-21/h6-11,14,20,24H,5,12-13H2,1-4H3,(H,28,29)/t20-/m0/s1. The van der Waals surface area contributed by atoms with Gasteiger partial charge in [-0.15, -0.1) is 0 Å². The summed E-state index contributed by atoms with van der Waals surface area (Å²) < 4.78 is 32.0. The lowest BCUT2D eigenvalue weighted by Crippen LogP contribution is -2.49. The summed E-state index contributed by atoms with van der Waals surface area (Å²) in [5.74, 6) is -0.931. The Hall–Kier alpha value is -3.47. The Labute approximate surface area is 198 Å². The number of benzene rings is 1. The number of H-pyrrole nitrogens is 1. The van der Waals surface area contributed by atoms with Crippen LogP contribution in [0.25, 0.3) is 11.4 Å². The number of fused-ring (bicyclic) bond motifs is 1. The van der Waals surface area contributed by atoms with Gasteiger partial charge in [-0.2, -0.15) is 4.31 Å². The number of hydrogen-bond donors (Lipinski definition) is 2. The molecule has 0 unspecified atom stereocenters. The van der Waals surface area contributed by atoms with Crippen molar-refractivity contribution in [2.75, 3.05) is 6.61 Å². The van der Waals surface area contributed by atoms with Gasteiger partial charge in [-0.05, 0) is 49.9 Å². The van der Waals surface area contributed by atoms with E-state index < -0.39 is 28.1 Å². The number of pyridine rings is 1. The fourth-order valence-electron chi connectivity index (χ4n) is 3.65. The minimum atomic E-state index is -4.49. The van der Waals surface area contributed by atoms with Gasteiger partial charge in [0.1, 0.15) is 17.6 Å². The molecule has 0 aliphatic carbocycles. The normalized spacial score (nSPS) is 12.6. The minimum absolute atomic E-state index is 0.0502. The zero-order valence-corrected chi connectivity index (χ0v) is 20.3. The third-order valence-corrected chi connectivity index (χ3v) is 6.94. The molecule has 0 saturated heterocycles. The highest BCUT2D eigenvalue weighted by atomic mass is 32.2. The van der Waals surface area contributed by atoms with Crippen molar-refractivity contribution in [1.82, 2.24) is 19.3 Å². The van der Waals surface area contributed by atoms with E-state index in [1.54, 1.807) is 32.2 Å². The number of aromatic nitrogens is 3. The third-order valence-electron chi connectivity index (χ3n) is 5.15. The number of nitrogens with one attached hydrogen (secondary N) is 1. The fraction of sp³-hybridized carbons (Fsp3) is 0.391. The maximum atomic E-state index is 13.4. The van der Waals surface area contributed by atoms with E-state index in [0.29, 0.717) is 16.6 Å². The molecule has 0 spiro atoms. The molecule has 1 aromatic rings. The molecule has 2 aliphatic rings. The third kappa shape index (κ3) is 5.36. The predicted molar refractivity (Wildman–Crippen MR) is 124 cm³/mol. The minimum Gasteiger partial charge on any atom is -0.480 e. The summed E-state index contributed by atoms with van der Waals surface area (Å²) in [5.41, 5.74) is 3.12. The van der Waals surface area contributed by atoms with Gasteiger partial charge in [0.25, 0.3) is 10.0 Å². The maximum Gasteiger partial charge on any atom is 0.424 e. The highest BCUT2D eigenvalue weighted by molar-refractivity contribution is 7.89. The molecule has 1 aromatic carbocycles. The predicted octanol–water partition coefficient (Wildman–Crippen LogP) is 3.46. The molecule has 2 heterocycles. The van der Waals surface area contributed by atoms with Crippen LogP contribution in [0.4, 0.5) is 4.79 Å². The molecule has 0 bridgehead atoms. The van der Waals surface area contributed by atoms with Crippen molar-refractivity contribution in [2.45, 2.75) is 51.5 Å². The van der Waals surface area contributed by atoms with Crippen molar-refractivity contribution in [3.63, 3.8) is 0 Å². The first-order chi connectivity index (χ1) is 16.0. The first-order valence-electron chi connectivity index (χ1n) is 10.9. The summed E-state index contributed by atoms with van der Waals surface area (Å²) in [7, 11) is -4.49. The smallest absolute Gasteiger partial charge is 0.424 e. The summed E-state index contributed by atoms with van der Waals surface area (Å²) in [4.78, 5) is 36.2. The molecule has 3 rings (SSSR count). The number of sulfonamides is 1. The molecule has 1 atom stereocenters. The number of nitrogens with zero attached hydrogens (tertiary/aromatic N) is 3. The summed E-state index contributed by atoms with van der Waals surface area (Å²) in [6.07, 6.45) is 0.947. The number of carboxylic acids is 1.